The third kappa shape index (κ3) is 2.72. The van der Waals surface area contributed by atoms with Crippen molar-refractivity contribution in [2.24, 2.45) is 0 Å². The van der Waals surface area contributed by atoms with Crippen LogP contribution in [0.5, 0.6) is 0 Å². The normalized spacial score (nSPS) is 22.1. The second-order valence-electron chi connectivity index (χ2n) is 5.64. The van der Waals surface area contributed by atoms with Gasteiger partial charge in [-0.1, -0.05) is 18.2 Å². The van der Waals surface area contributed by atoms with E-state index in [1.165, 1.54) is 17.0 Å². The predicted molar refractivity (Wildman–Crippen MR) is 79.8 cm³/mol. The van der Waals surface area contributed by atoms with Gasteiger partial charge in [0.15, 0.2) is 9.84 Å². The first-order chi connectivity index (χ1) is 10.5. The first-order valence-electron chi connectivity index (χ1n) is 7.35. The van der Waals surface area contributed by atoms with E-state index in [9.17, 15) is 18.0 Å². The number of carbonyl (C=O) groups is 2. The second kappa shape index (κ2) is 5.72. The second-order valence-corrected chi connectivity index (χ2v) is 7.75. The number of carbonyl (C=O) groups excluding carboxylic acids is 2. The predicted octanol–water partition coefficient (Wildman–Crippen LogP) is 0.294. The van der Waals surface area contributed by atoms with E-state index in [1.807, 2.05) is 0 Å². The van der Waals surface area contributed by atoms with Gasteiger partial charge in [-0.25, -0.2) is 8.42 Å². The molecule has 1 aromatic carbocycles. The van der Waals surface area contributed by atoms with E-state index in [2.05, 4.69) is 0 Å². The standard InChI is InChI=1S/C15H18N2O4S/c18-14-11-16(15(19)13-7-4-8-17(13)14)9-10-22(20,21)12-5-2-1-3-6-12/h1-3,5-6,13H,4,7-11H2/t13-/m0/s1. The molecule has 0 aromatic heterocycles. The number of sulfone groups is 1. The zero-order valence-electron chi connectivity index (χ0n) is 12.1. The zero-order valence-corrected chi connectivity index (χ0v) is 13.0. The molecule has 2 aliphatic heterocycles. The van der Waals surface area contributed by atoms with Crippen molar-refractivity contribution in [2.45, 2.75) is 23.8 Å². The van der Waals surface area contributed by atoms with E-state index in [1.54, 1.807) is 23.1 Å². The highest BCUT2D eigenvalue weighted by atomic mass is 32.2. The smallest absolute Gasteiger partial charge is 0.245 e. The molecular weight excluding hydrogens is 304 g/mol. The third-order valence-corrected chi connectivity index (χ3v) is 5.94. The van der Waals surface area contributed by atoms with E-state index in [0.29, 0.717) is 13.0 Å². The molecule has 1 aromatic rings. The number of rotatable bonds is 4. The van der Waals surface area contributed by atoms with Crippen molar-refractivity contribution in [3.05, 3.63) is 30.3 Å². The van der Waals surface area contributed by atoms with Crippen LogP contribution in [0.1, 0.15) is 12.8 Å². The molecule has 22 heavy (non-hydrogen) atoms. The molecule has 0 aliphatic carbocycles. The highest BCUT2D eigenvalue weighted by molar-refractivity contribution is 7.91. The van der Waals surface area contributed by atoms with Crippen molar-refractivity contribution in [1.82, 2.24) is 9.80 Å². The van der Waals surface area contributed by atoms with Crippen LogP contribution in [0.2, 0.25) is 0 Å². The average molecular weight is 322 g/mol. The quantitative estimate of drug-likeness (QED) is 0.799. The molecule has 0 unspecified atom stereocenters. The maximum atomic E-state index is 12.3. The van der Waals surface area contributed by atoms with Gasteiger partial charge in [-0.05, 0) is 25.0 Å². The van der Waals surface area contributed by atoms with Crippen molar-refractivity contribution < 1.29 is 18.0 Å². The van der Waals surface area contributed by atoms with Crippen molar-refractivity contribution >= 4 is 21.7 Å². The van der Waals surface area contributed by atoms with Crippen LogP contribution in [0.25, 0.3) is 0 Å². The van der Waals surface area contributed by atoms with Crippen LogP contribution in [0.3, 0.4) is 0 Å². The highest BCUT2D eigenvalue weighted by Crippen LogP contribution is 2.23. The van der Waals surface area contributed by atoms with Crippen molar-refractivity contribution in [3.8, 4) is 0 Å². The fraction of sp³-hybridized carbons (Fsp3) is 0.467. The minimum atomic E-state index is -3.44. The van der Waals surface area contributed by atoms with E-state index >= 15 is 0 Å². The minimum absolute atomic E-state index is 0.0142. The van der Waals surface area contributed by atoms with E-state index in [0.717, 1.165) is 6.42 Å². The molecule has 0 N–H and O–H groups in total. The van der Waals surface area contributed by atoms with E-state index in [4.69, 9.17) is 0 Å². The summed E-state index contributed by atoms with van der Waals surface area (Å²) in [6.45, 7) is 0.678. The van der Waals surface area contributed by atoms with Crippen LogP contribution >= 0.6 is 0 Å². The van der Waals surface area contributed by atoms with Gasteiger partial charge < -0.3 is 9.80 Å². The number of benzene rings is 1. The Hall–Kier alpha value is -1.89. The highest BCUT2D eigenvalue weighted by Gasteiger charge is 2.41. The van der Waals surface area contributed by atoms with Crippen LogP contribution in [0.15, 0.2) is 35.2 Å². The Morgan fingerprint density at radius 2 is 1.86 bits per heavy atom. The van der Waals surface area contributed by atoms with Gasteiger partial charge in [-0.2, -0.15) is 0 Å². The van der Waals surface area contributed by atoms with Gasteiger partial charge >= 0.3 is 0 Å². The topological polar surface area (TPSA) is 74.8 Å². The van der Waals surface area contributed by atoms with Gasteiger partial charge in [0, 0.05) is 13.1 Å². The number of piperazine rings is 1. The molecule has 0 spiro atoms. The maximum absolute atomic E-state index is 12.3. The molecule has 2 fully saturated rings. The molecule has 2 amide bonds. The molecule has 0 saturated carbocycles. The first-order valence-corrected chi connectivity index (χ1v) is 9.00. The summed E-state index contributed by atoms with van der Waals surface area (Å²) in [6.07, 6.45) is 1.50. The van der Waals surface area contributed by atoms with Crippen LogP contribution in [-0.2, 0) is 19.4 Å². The zero-order chi connectivity index (χ0) is 15.7. The van der Waals surface area contributed by atoms with Crippen LogP contribution in [-0.4, -0.2) is 61.5 Å². The molecule has 1 atom stereocenters. The number of hydrogen-bond donors (Lipinski definition) is 0. The summed E-state index contributed by atoms with van der Waals surface area (Å²) in [5.74, 6) is -0.373. The van der Waals surface area contributed by atoms with Crippen molar-refractivity contribution in [1.29, 1.82) is 0 Å². The summed E-state index contributed by atoms with van der Waals surface area (Å²) in [7, 11) is -3.44. The Morgan fingerprint density at radius 3 is 2.59 bits per heavy atom. The summed E-state index contributed by atoms with van der Waals surface area (Å²) < 4.78 is 24.5. The Balaban J connectivity index is 1.69. The largest absolute Gasteiger partial charge is 0.331 e. The SMILES string of the molecule is O=C1[C@@H]2CCCN2C(=O)CN1CCS(=O)(=O)c1ccccc1. The molecule has 3 rings (SSSR count). The third-order valence-electron chi connectivity index (χ3n) is 4.23. The summed E-state index contributed by atoms with van der Waals surface area (Å²) in [6, 6.07) is 7.77. The molecule has 0 radical (unpaired) electrons. The number of fused-ring (bicyclic) bond motifs is 1. The molecule has 6 nitrogen and oxygen atoms in total. The number of amides is 2. The fourth-order valence-corrected chi connectivity index (χ4v) is 4.30. The van der Waals surface area contributed by atoms with Gasteiger partial charge in [0.1, 0.15) is 6.04 Å². The lowest BCUT2D eigenvalue weighted by Gasteiger charge is -2.36. The summed E-state index contributed by atoms with van der Waals surface area (Å²) >= 11 is 0. The molecule has 0 bridgehead atoms. The molecule has 2 heterocycles. The fourth-order valence-electron chi connectivity index (χ4n) is 3.03. The van der Waals surface area contributed by atoms with Crippen LogP contribution in [0.4, 0.5) is 0 Å². The summed E-state index contributed by atoms with van der Waals surface area (Å²) in [5, 5.41) is 0. The average Bonchev–Trinajstić information content (AvgIpc) is 3.01. The van der Waals surface area contributed by atoms with Gasteiger partial charge in [0.2, 0.25) is 11.8 Å². The lowest BCUT2D eigenvalue weighted by atomic mass is 10.1. The number of hydrogen-bond acceptors (Lipinski definition) is 4. The Kier molecular flexibility index (Phi) is 3.90. The summed E-state index contributed by atoms with van der Waals surface area (Å²) in [4.78, 5) is 27.6. The lowest BCUT2D eigenvalue weighted by Crippen LogP contribution is -2.58. The van der Waals surface area contributed by atoms with Crippen LogP contribution in [0, 0.1) is 0 Å². The Bertz CT molecular complexity index is 687. The van der Waals surface area contributed by atoms with Gasteiger partial charge in [-0.3, -0.25) is 9.59 Å². The van der Waals surface area contributed by atoms with Crippen LogP contribution < -0.4 is 0 Å². The van der Waals surface area contributed by atoms with E-state index < -0.39 is 9.84 Å². The number of nitrogens with zero attached hydrogens (tertiary/aromatic N) is 2. The lowest BCUT2D eigenvalue weighted by molar-refractivity contribution is -0.153. The monoisotopic (exact) mass is 322 g/mol. The summed E-state index contributed by atoms with van der Waals surface area (Å²) in [5.41, 5.74) is 0. The molecular formula is C15H18N2O4S. The minimum Gasteiger partial charge on any atom is -0.331 e. The van der Waals surface area contributed by atoms with Gasteiger partial charge in [0.25, 0.3) is 0 Å². The van der Waals surface area contributed by atoms with Crippen molar-refractivity contribution in [3.63, 3.8) is 0 Å². The molecule has 2 saturated heterocycles. The van der Waals surface area contributed by atoms with Crippen molar-refractivity contribution in [2.75, 3.05) is 25.4 Å². The molecule has 118 valence electrons. The van der Waals surface area contributed by atoms with Gasteiger partial charge in [0.05, 0.1) is 17.2 Å². The molecule has 2 aliphatic rings. The maximum Gasteiger partial charge on any atom is 0.245 e. The Labute approximate surface area is 129 Å². The Morgan fingerprint density at radius 1 is 1.14 bits per heavy atom. The van der Waals surface area contributed by atoms with Gasteiger partial charge in [-0.15, -0.1) is 0 Å². The molecule has 7 heteroatoms. The van der Waals surface area contributed by atoms with E-state index in [-0.39, 0.29) is 41.6 Å². The first kappa shape index (κ1) is 15.0.